The highest BCUT2D eigenvalue weighted by atomic mass is 16.6. The molecule has 1 N–H and O–H groups in total. The number of hydrogen-bond acceptors (Lipinski definition) is 5. The number of non-ortho nitro benzene ring substituents is 1. The monoisotopic (exact) mass is 276 g/mol. The summed E-state index contributed by atoms with van der Waals surface area (Å²) in [5.74, 6) is 0.452. The van der Waals surface area contributed by atoms with Crippen molar-refractivity contribution in [2.24, 2.45) is 0 Å². The Hall–Kier alpha value is -2.57. The molecule has 1 heterocycles. The van der Waals surface area contributed by atoms with Crippen molar-refractivity contribution >= 4 is 11.4 Å². The third kappa shape index (κ3) is 3.47. The number of nitrogens with one attached hydrogen (secondary N) is 1. The van der Waals surface area contributed by atoms with Gasteiger partial charge in [-0.2, -0.15) is 5.10 Å². The van der Waals surface area contributed by atoms with E-state index in [2.05, 4.69) is 10.4 Å². The normalized spacial score (nSPS) is 11.9. The molecule has 0 radical (unpaired) electrons. The van der Waals surface area contributed by atoms with Crippen LogP contribution in [0.4, 0.5) is 11.4 Å². The number of hydrogen-bond donors (Lipinski definition) is 1. The molecule has 0 aliphatic rings. The van der Waals surface area contributed by atoms with Gasteiger partial charge in [0, 0.05) is 36.3 Å². The van der Waals surface area contributed by atoms with Gasteiger partial charge in [0.2, 0.25) is 0 Å². The highest BCUT2D eigenvalue weighted by molar-refractivity contribution is 5.56. The van der Waals surface area contributed by atoms with E-state index in [1.807, 2.05) is 19.2 Å². The predicted octanol–water partition coefficient (Wildman–Crippen LogP) is 2.30. The van der Waals surface area contributed by atoms with Crippen molar-refractivity contribution < 1.29 is 9.66 Å². The zero-order valence-electron chi connectivity index (χ0n) is 11.3. The topological polar surface area (TPSA) is 82.2 Å². The number of rotatable bonds is 6. The number of methoxy groups -OCH3 is 1. The number of aromatic nitrogens is 2. The zero-order valence-corrected chi connectivity index (χ0v) is 11.3. The molecule has 0 saturated carbocycles. The molecule has 1 atom stereocenters. The quantitative estimate of drug-likeness (QED) is 0.646. The van der Waals surface area contributed by atoms with Crippen LogP contribution in [0.1, 0.15) is 6.92 Å². The molecule has 1 aromatic heterocycles. The summed E-state index contributed by atoms with van der Waals surface area (Å²) >= 11 is 0. The number of nitro benzene ring substituents is 1. The van der Waals surface area contributed by atoms with Crippen LogP contribution in [0, 0.1) is 10.1 Å². The molecule has 2 aromatic rings. The molecule has 106 valence electrons. The maximum Gasteiger partial charge on any atom is 0.275 e. The molecule has 0 spiro atoms. The molecule has 0 fully saturated rings. The third-order valence-corrected chi connectivity index (χ3v) is 2.77. The van der Waals surface area contributed by atoms with Crippen LogP contribution in [0.5, 0.6) is 5.75 Å². The predicted molar refractivity (Wildman–Crippen MR) is 75.0 cm³/mol. The molecule has 20 heavy (non-hydrogen) atoms. The van der Waals surface area contributed by atoms with E-state index in [9.17, 15) is 10.1 Å². The molecule has 0 aliphatic carbocycles. The highest BCUT2D eigenvalue weighted by Crippen LogP contribution is 2.26. The van der Waals surface area contributed by atoms with Crippen LogP contribution in [0.15, 0.2) is 36.7 Å². The summed E-state index contributed by atoms with van der Waals surface area (Å²) in [5, 5.41) is 18.2. The van der Waals surface area contributed by atoms with Gasteiger partial charge in [-0.15, -0.1) is 0 Å². The van der Waals surface area contributed by atoms with Gasteiger partial charge in [-0.25, -0.2) is 0 Å². The van der Waals surface area contributed by atoms with Gasteiger partial charge in [0.15, 0.2) is 0 Å². The van der Waals surface area contributed by atoms with Crippen molar-refractivity contribution in [2.45, 2.75) is 19.5 Å². The van der Waals surface area contributed by atoms with Crippen LogP contribution in [-0.4, -0.2) is 27.9 Å². The Bertz CT molecular complexity index is 583. The largest absolute Gasteiger partial charge is 0.496 e. The Balaban J connectivity index is 2.11. The van der Waals surface area contributed by atoms with E-state index >= 15 is 0 Å². The number of benzene rings is 1. The van der Waals surface area contributed by atoms with Crippen molar-refractivity contribution in [1.29, 1.82) is 0 Å². The standard InChI is InChI=1S/C13H16N4O3/c1-10(9-16-5-3-4-14-16)15-11-6-12(17(18)19)8-13(7-11)20-2/h3-8,10,15H,9H2,1-2H3. The second-order valence-corrected chi connectivity index (χ2v) is 4.45. The fourth-order valence-electron chi connectivity index (χ4n) is 1.91. The number of anilines is 1. The highest BCUT2D eigenvalue weighted by Gasteiger charge is 2.12. The summed E-state index contributed by atoms with van der Waals surface area (Å²) in [6, 6.07) is 6.53. The first-order chi connectivity index (χ1) is 9.58. The Morgan fingerprint density at radius 3 is 2.90 bits per heavy atom. The molecular formula is C13H16N4O3. The minimum Gasteiger partial charge on any atom is -0.496 e. The maximum atomic E-state index is 10.9. The molecule has 0 aliphatic heterocycles. The smallest absolute Gasteiger partial charge is 0.275 e. The lowest BCUT2D eigenvalue weighted by atomic mass is 10.2. The second kappa shape index (κ2) is 6.05. The summed E-state index contributed by atoms with van der Waals surface area (Å²) in [5.41, 5.74) is 0.647. The molecule has 1 aromatic carbocycles. The van der Waals surface area contributed by atoms with E-state index in [1.165, 1.54) is 19.2 Å². The lowest BCUT2D eigenvalue weighted by molar-refractivity contribution is -0.384. The first-order valence-electron chi connectivity index (χ1n) is 6.16. The fraction of sp³-hybridized carbons (Fsp3) is 0.308. The number of ether oxygens (including phenoxy) is 1. The summed E-state index contributed by atoms with van der Waals surface area (Å²) in [6.45, 7) is 2.64. The molecular weight excluding hydrogens is 260 g/mol. The van der Waals surface area contributed by atoms with E-state index in [-0.39, 0.29) is 11.7 Å². The Kier molecular flexibility index (Phi) is 4.19. The average Bonchev–Trinajstić information content (AvgIpc) is 2.90. The molecule has 0 saturated heterocycles. The van der Waals surface area contributed by atoms with Crippen molar-refractivity contribution in [3.8, 4) is 5.75 Å². The number of nitrogens with zero attached hydrogens (tertiary/aromatic N) is 3. The molecule has 7 heteroatoms. The summed E-state index contributed by atoms with van der Waals surface area (Å²) in [6.07, 6.45) is 3.58. The minimum absolute atomic E-state index is 0.00172. The number of nitro groups is 1. The van der Waals surface area contributed by atoms with E-state index < -0.39 is 4.92 Å². The summed E-state index contributed by atoms with van der Waals surface area (Å²) < 4.78 is 6.87. The van der Waals surface area contributed by atoms with Gasteiger partial charge in [-0.1, -0.05) is 0 Å². The van der Waals surface area contributed by atoms with Gasteiger partial charge < -0.3 is 10.1 Å². The van der Waals surface area contributed by atoms with Crippen LogP contribution >= 0.6 is 0 Å². The Morgan fingerprint density at radius 2 is 2.30 bits per heavy atom. The molecule has 7 nitrogen and oxygen atoms in total. The van der Waals surface area contributed by atoms with Crippen LogP contribution in [0.2, 0.25) is 0 Å². The molecule has 2 rings (SSSR count). The van der Waals surface area contributed by atoms with Gasteiger partial charge in [-0.05, 0) is 13.0 Å². The van der Waals surface area contributed by atoms with Gasteiger partial charge in [0.05, 0.1) is 24.6 Å². The van der Waals surface area contributed by atoms with Gasteiger partial charge in [-0.3, -0.25) is 14.8 Å². The van der Waals surface area contributed by atoms with Crippen LogP contribution in [0.3, 0.4) is 0 Å². The van der Waals surface area contributed by atoms with Gasteiger partial charge in [0.1, 0.15) is 5.75 Å². The zero-order chi connectivity index (χ0) is 14.5. The molecule has 0 bridgehead atoms. The lowest BCUT2D eigenvalue weighted by Crippen LogP contribution is -2.22. The van der Waals surface area contributed by atoms with E-state index in [0.29, 0.717) is 18.0 Å². The first kappa shape index (κ1) is 13.9. The molecule has 1 unspecified atom stereocenters. The van der Waals surface area contributed by atoms with Crippen LogP contribution in [0.25, 0.3) is 0 Å². The van der Waals surface area contributed by atoms with Gasteiger partial charge >= 0.3 is 0 Å². The van der Waals surface area contributed by atoms with Crippen molar-refractivity contribution in [3.63, 3.8) is 0 Å². The SMILES string of the molecule is COc1cc(NC(C)Cn2cccn2)cc([N+](=O)[O-])c1. The minimum atomic E-state index is -0.439. The Morgan fingerprint density at radius 1 is 1.50 bits per heavy atom. The van der Waals surface area contributed by atoms with Gasteiger partial charge in [0.25, 0.3) is 5.69 Å². The van der Waals surface area contributed by atoms with E-state index in [1.54, 1.807) is 16.9 Å². The van der Waals surface area contributed by atoms with E-state index in [4.69, 9.17) is 4.74 Å². The fourth-order valence-corrected chi connectivity index (χ4v) is 1.91. The second-order valence-electron chi connectivity index (χ2n) is 4.45. The van der Waals surface area contributed by atoms with Crippen molar-refractivity contribution in [2.75, 3.05) is 12.4 Å². The Labute approximate surface area is 116 Å². The average molecular weight is 276 g/mol. The molecule has 0 amide bonds. The third-order valence-electron chi connectivity index (χ3n) is 2.77. The maximum absolute atomic E-state index is 10.9. The van der Waals surface area contributed by atoms with Crippen molar-refractivity contribution in [3.05, 3.63) is 46.8 Å². The summed E-state index contributed by atoms with van der Waals surface area (Å²) in [7, 11) is 1.48. The summed E-state index contributed by atoms with van der Waals surface area (Å²) in [4.78, 5) is 10.4. The lowest BCUT2D eigenvalue weighted by Gasteiger charge is -2.15. The van der Waals surface area contributed by atoms with Crippen molar-refractivity contribution in [1.82, 2.24) is 9.78 Å². The van der Waals surface area contributed by atoms with Crippen LogP contribution < -0.4 is 10.1 Å². The van der Waals surface area contributed by atoms with E-state index in [0.717, 1.165) is 0 Å². The van der Waals surface area contributed by atoms with Crippen LogP contribution in [-0.2, 0) is 6.54 Å². The first-order valence-corrected chi connectivity index (χ1v) is 6.16.